The average molecular weight is 330 g/mol. The molecule has 126 valence electrons. The number of hydrogen-bond donors (Lipinski definition) is 0. The summed E-state index contributed by atoms with van der Waals surface area (Å²) in [6.45, 7) is 3.56. The van der Waals surface area contributed by atoms with E-state index in [1.54, 1.807) is 12.1 Å². The van der Waals surface area contributed by atoms with Crippen molar-refractivity contribution in [2.45, 2.75) is 6.92 Å². The molecule has 1 aromatic carbocycles. The van der Waals surface area contributed by atoms with Gasteiger partial charge in [-0.15, -0.1) is 0 Å². The van der Waals surface area contributed by atoms with E-state index in [9.17, 15) is 14.4 Å². The SMILES string of the molecule is Cc1ccc(-n2nc(C(=O)N3CCOCC3)c(=O)n(C)c2=O)cc1. The van der Waals surface area contributed by atoms with Crippen LogP contribution in [-0.2, 0) is 11.8 Å². The zero-order valence-electron chi connectivity index (χ0n) is 13.6. The first-order valence-corrected chi connectivity index (χ1v) is 7.63. The topological polar surface area (TPSA) is 86.4 Å². The highest BCUT2D eigenvalue weighted by Crippen LogP contribution is 2.06. The molecule has 2 aromatic rings. The molecule has 0 bridgehead atoms. The average Bonchev–Trinajstić information content (AvgIpc) is 2.61. The number of hydrogen-bond acceptors (Lipinski definition) is 5. The second-order valence-electron chi connectivity index (χ2n) is 5.65. The van der Waals surface area contributed by atoms with E-state index >= 15 is 0 Å². The number of aromatic nitrogens is 3. The van der Waals surface area contributed by atoms with Gasteiger partial charge in [-0.05, 0) is 19.1 Å². The Kier molecular flexibility index (Phi) is 4.30. The van der Waals surface area contributed by atoms with Gasteiger partial charge in [0, 0.05) is 20.1 Å². The first-order valence-electron chi connectivity index (χ1n) is 7.63. The van der Waals surface area contributed by atoms with Gasteiger partial charge in [-0.2, -0.15) is 9.78 Å². The molecule has 1 aromatic heterocycles. The lowest BCUT2D eigenvalue weighted by atomic mass is 10.2. The summed E-state index contributed by atoms with van der Waals surface area (Å²) in [4.78, 5) is 38.8. The summed E-state index contributed by atoms with van der Waals surface area (Å²) in [7, 11) is 1.34. The molecule has 1 aliphatic heterocycles. The Bertz CT molecular complexity index is 876. The Morgan fingerprint density at radius 3 is 2.38 bits per heavy atom. The summed E-state index contributed by atoms with van der Waals surface area (Å²) in [5.41, 5.74) is -0.0275. The summed E-state index contributed by atoms with van der Waals surface area (Å²) in [6, 6.07) is 7.10. The lowest BCUT2D eigenvalue weighted by Crippen LogP contribution is -2.48. The van der Waals surface area contributed by atoms with Gasteiger partial charge in [0.05, 0.1) is 18.9 Å². The van der Waals surface area contributed by atoms with Crippen LogP contribution < -0.4 is 11.2 Å². The van der Waals surface area contributed by atoms with Gasteiger partial charge in [0.15, 0.2) is 0 Å². The third-order valence-corrected chi connectivity index (χ3v) is 3.95. The highest BCUT2D eigenvalue weighted by Gasteiger charge is 2.25. The van der Waals surface area contributed by atoms with Gasteiger partial charge in [0.25, 0.3) is 11.5 Å². The predicted molar refractivity (Wildman–Crippen MR) is 86.5 cm³/mol. The number of rotatable bonds is 2. The van der Waals surface area contributed by atoms with Crippen LogP contribution in [0, 0.1) is 6.92 Å². The molecule has 1 saturated heterocycles. The normalized spacial score (nSPS) is 14.7. The minimum Gasteiger partial charge on any atom is -0.378 e. The Hall–Kier alpha value is -2.74. The smallest absolute Gasteiger partial charge is 0.351 e. The van der Waals surface area contributed by atoms with Crippen molar-refractivity contribution in [1.82, 2.24) is 19.2 Å². The molecule has 0 N–H and O–H groups in total. The third kappa shape index (κ3) is 2.88. The van der Waals surface area contributed by atoms with Crippen molar-refractivity contribution in [3.05, 3.63) is 56.4 Å². The molecule has 0 unspecified atom stereocenters. The first-order chi connectivity index (χ1) is 11.5. The van der Waals surface area contributed by atoms with Gasteiger partial charge in [0.2, 0.25) is 5.69 Å². The standard InChI is InChI=1S/C16H18N4O4/c1-11-3-5-12(6-4-11)20-16(23)18(2)14(21)13(17-20)15(22)19-7-9-24-10-8-19/h3-6H,7-10H2,1-2H3. The number of morpholine rings is 1. The summed E-state index contributed by atoms with van der Waals surface area (Å²) in [5, 5.41) is 4.05. The first kappa shape index (κ1) is 16.1. The molecule has 1 fully saturated rings. The van der Waals surface area contributed by atoms with Gasteiger partial charge >= 0.3 is 5.69 Å². The van der Waals surface area contributed by atoms with Crippen LogP contribution in [0.25, 0.3) is 5.69 Å². The molecule has 8 heteroatoms. The predicted octanol–water partition coefficient (Wildman–Crippen LogP) is -0.288. The van der Waals surface area contributed by atoms with Gasteiger partial charge in [-0.1, -0.05) is 17.7 Å². The summed E-state index contributed by atoms with van der Waals surface area (Å²) in [6.07, 6.45) is 0. The van der Waals surface area contributed by atoms with Gasteiger partial charge in [-0.25, -0.2) is 4.79 Å². The lowest BCUT2D eigenvalue weighted by molar-refractivity contribution is 0.0295. The third-order valence-electron chi connectivity index (χ3n) is 3.95. The van der Waals surface area contributed by atoms with Gasteiger partial charge in [-0.3, -0.25) is 14.2 Å². The van der Waals surface area contributed by atoms with Crippen molar-refractivity contribution >= 4 is 5.91 Å². The van der Waals surface area contributed by atoms with Gasteiger partial charge < -0.3 is 9.64 Å². The van der Waals surface area contributed by atoms with Crippen LogP contribution in [0.5, 0.6) is 0 Å². The maximum absolute atomic E-state index is 12.6. The van der Waals surface area contributed by atoms with Gasteiger partial charge in [0.1, 0.15) is 0 Å². The van der Waals surface area contributed by atoms with Crippen LogP contribution >= 0.6 is 0 Å². The van der Waals surface area contributed by atoms with E-state index in [2.05, 4.69) is 5.10 Å². The van der Waals surface area contributed by atoms with Crippen LogP contribution in [0.1, 0.15) is 16.1 Å². The number of ether oxygens (including phenoxy) is 1. The van der Waals surface area contributed by atoms with E-state index in [0.29, 0.717) is 32.0 Å². The molecule has 8 nitrogen and oxygen atoms in total. The summed E-state index contributed by atoms with van der Waals surface area (Å²) >= 11 is 0. The number of nitrogens with zero attached hydrogens (tertiary/aromatic N) is 4. The largest absolute Gasteiger partial charge is 0.378 e. The van der Waals surface area contributed by atoms with Crippen molar-refractivity contribution in [3.63, 3.8) is 0 Å². The van der Waals surface area contributed by atoms with Crippen LogP contribution in [0.2, 0.25) is 0 Å². The molecule has 0 spiro atoms. The van der Waals surface area contributed by atoms with E-state index in [1.807, 2.05) is 19.1 Å². The van der Waals surface area contributed by atoms with Crippen LogP contribution in [0.15, 0.2) is 33.9 Å². The van der Waals surface area contributed by atoms with Crippen molar-refractivity contribution in [3.8, 4) is 5.69 Å². The van der Waals surface area contributed by atoms with Crippen LogP contribution in [0.4, 0.5) is 0 Å². The van der Waals surface area contributed by atoms with E-state index in [1.165, 1.54) is 11.9 Å². The molecule has 0 atom stereocenters. The molecule has 2 heterocycles. The maximum Gasteiger partial charge on any atom is 0.351 e. The zero-order chi connectivity index (χ0) is 17.3. The molecular weight excluding hydrogens is 312 g/mol. The molecule has 0 radical (unpaired) electrons. The molecule has 1 aliphatic rings. The number of amides is 1. The van der Waals surface area contributed by atoms with E-state index in [4.69, 9.17) is 4.74 Å². The van der Waals surface area contributed by atoms with E-state index in [0.717, 1.165) is 14.8 Å². The van der Waals surface area contributed by atoms with Crippen molar-refractivity contribution in [1.29, 1.82) is 0 Å². The number of carbonyl (C=O) groups excluding carboxylic acids is 1. The Morgan fingerprint density at radius 2 is 1.75 bits per heavy atom. The summed E-state index contributed by atoms with van der Waals surface area (Å²) < 4.78 is 7.19. The molecule has 0 aliphatic carbocycles. The fraction of sp³-hybridized carbons (Fsp3) is 0.375. The van der Waals surface area contributed by atoms with Crippen molar-refractivity contribution in [2.24, 2.45) is 7.05 Å². The maximum atomic E-state index is 12.6. The molecule has 24 heavy (non-hydrogen) atoms. The van der Waals surface area contributed by atoms with Crippen molar-refractivity contribution in [2.75, 3.05) is 26.3 Å². The van der Waals surface area contributed by atoms with Crippen LogP contribution in [-0.4, -0.2) is 51.5 Å². The highest BCUT2D eigenvalue weighted by molar-refractivity contribution is 5.91. The number of carbonyl (C=O) groups is 1. The summed E-state index contributed by atoms with van der Waals surface area (Å²) in [5.74, 6) is -0.486. The second kappa shape index (κ2) is 6.40. The molecule has 1 amide bonds. The van der Waals surface area contributed by atoms with Crippen molar-refractivity contribution < 1.29 is 9.53 Å². The lowest BCUT2D eigenvalue weighted by Gasteiger charge is -2.26. The second-order valence-corrected chi connectivity index (χ2v) is 5.65. The molecule has 0 saturated carbocycles. The number of aryl methyl sites for hydroxylation is 1. The minimum absolute atomic E-state index is 0.264. The fourth-order valence-electron chi connectivity index (χ4n) is 2.48. The van der Waals surface area contributed by atoms with E-state index < -0.39 is 17.2 Å². The quantitative estimate of drug-likeness (QED) is 0.755. The highest BCUT2D eigenvalue weighted by atomic mass is 16.5. The Labute approximate surface area is 137 Å². The Morgan fingerprint density at radius 1 is 1.12 bits per heavy atom. The molecule has 3 rings (SSSR count). The Balaban J connectivity index is 2.10. The van der Waals surface area contributed by atoms with E-state index in [-0.39, 0.29) is 5.69 Å². The molecular formula is C16H18N4O4. The monoisotopic (exact) mass is 330 g/mol. The van der Waals surface area contributed by atoms with Crippen LogP contribution in [0.3, 0.4) is 0 Å². The zero-order valence-corrected chi connectivity index (χ0v) is 13.6. The number of benzene rings is 1. The fourth-order valence-corrected chi connectivity index (χ4v) is 2.48. The minimum atomic E-state index is -0.695.